The highest BCUT2D eigenvalue weighted by Crippen LogP contribution is 2.32. The van der Waals surface area contributed by atoms with Gasteiger partial charge in [-0.2, -0.15) is 0 Å². The fourth-order valence-electron chi connectivity index (χ4n) is 1.76. The van der Waals surface area contributed by atoms with Crippen LogP contribution in [0.5, 0.6) is 11.8 Å². The summed E-state index contributed by atoms with van der Waals surface area (Å²) in [7, 11) is 0. The van der Waals surface area contributed by atoms with Crippen molar-refractivity contribution in [1.82, 2.24) is 15.3 Å². The number of aromatic nitrogens is 2. The van der Waals surface area contributed by atoms with Gasteiger partial charge in [0.1, 0.15) is 0 Å². The first kappa shape index (κ1) is 14.9. The van der Waals surface area contributed by atoms with Crippen LogP contribution in [0.15, 0.2) is 30.6 Å². The van der Waals surface area contributed by atoms with Crippen molar-refractivity contribution >= 4 is 5.69 Å². The Hall–Kier alpha value is -2.54. The molecule has 1 aromatic carbocycles. The molecule has 0 atom stereocenters. The number of benzene rings is 1. The molecule has 0 spiro atoms. The number of rotatable bonds is 6. The molecule has 0 radical (unpaired) electrons. The van der Waals surface area contributed by atoms with Gasteiger partial charge in [0.25, 0.3) is 0 Å². The van der Waals surface area contributed by atoms with Crippen molar-refractivity contribution < 1.29 is 9.66 Å². The summed E-state index contributed by atoms with van der Waals surface area (Å²) in [5, 5.41) is 14.2. The van der Waals surface area contributed by atoms with Gasteiger partial charge in [-0.25, -0.2) is 9.97 Å². The second-order valence-electron chi connectivity index (χ2n) is 4.44. The van der Waals surface area contributed by atoms with Gasteiger partial charge in [-0.1, -0.05) is 19.1 Å². The van der Waals surface area contributed by atoms with Crippen LogP contribution in [0.1, 0.15) is 18.1 Å². The number of nitrogens with one attached hydrogen (secondary N) is 1. The van der Waals surface area contributed by atoms with Gasteiger partial charge in [0, 0.05) is 30.6 Å². The Morgan fingerprint density at radius 1 is 1.33 bits per heavy atom. The van der Waals surface area contributed by atoms with Crippen molar-refractivity contribution in [2.75, 3.05) is 6.54 Å². The molecule has 110 valence electrons. The van der Waals surface area contributed by atoms with Gasteiger partial charge in [-0.3, -0.25) is 10.1 Å². The van der Waals surface area contributed by atoms with Crippen LogP contribution in [0, 0.1) is 17.0 Å². The average Bonchev–Trinajstić information content (AvgIpc) is 2.48. The topological polar surface area (TPSA) is 90.2 Å². The minimum atomic E-state index is -0.484. The van der Waals surface area contributed by atoms with Gasteiger partial charge in [-0.15, -0.1) is 0 Å². The second-order valence-corrected chi connectivity index (χ2v) is 4.44. The van der Waals surface area contributed by atoms with E-state index in [1.54, 1.807) is 31.5 Å². The van der Waals surface area contributed by atoms with Crippen LogP contribution in [0.2, 0.25) is 0 Å². The molecule has 0 unspecified atom stereocenters. The fourth-order valence-corrected chi connectivity index (χ4v) is 1.76. The van der Waals surface area contributed by atoms with Crippen molar-refractivity contribution in [3.63, 3.8) is 0 Å². The number of hydrogen-bond acceptors (Lipinski definition) is 6. The van der Waals surface area contributed by atoms with Crippen LogP contribution in [0.25, 0.3) is 0 Å². The quantitative estimate of drug-likeness (QED) is 0.649. The Morgan fingerprint density at radius 3 is 2.67 bits per heavy atom. The number of nitro benzene ring substituents is 1. The zero-order chi connectivity index (χ0) is 15.2. The smallest absolute Gasteiger partial charge is 0.322 e. The normalized spacial score (nSPS) is 10.4. The Balaban J connectivity index is 2.20. The Kier molecular flexibility index (Phi) is 4.78. The average molecular weight is 288 g/mol. The van der Waals surface area contributed by atoms with E-state index in [0.29, 0.717) is 12.1 Å². The fraction of sp³-hybridized carbons (Fsp3) is 0.286. The summed E-state index contributed by atoms with van der Waals surface area (Å²) in [4.78, 5) is 18.7. The van der Waals surface area contributed by atoms with Crippen molar-refractivity contribution in [3.8, 4) is 11.8 Å². The van der Waals surface area contributed by atoms with Gasteiger partial charge in [0.05, 0.1) is 4.92 Å². The Labute approximate surface area is 122 Å². The zero-order valence-electron chi connectivity index (χ0n) is 11.9. The molecule has 0 saturated carbocycles. The van der Waals surface area contributed by atoms with Crippen LogP contribution < -0.4 is 10.1 Å². The molecule has 0 aliphatic carbocycles. The molecule has 0 aliphatic rings. The number of aryl methyl sites for hydroxylation is 1. The second kappa shape index (κ2) is 6.76. The summed E-state index contributed by atoms with van der Waals surface area (Å²) in [5.41, 5.74) is 1.48. The summed E-state index contributed by atoms with van der Waals surface area (Å²) in [6.07, 6.45) is 3.27. The van der Waals surface area contributed by atoms with Crippen molar-refractivity contribution in [2.45, 2.75) is 20.4 Å². The molecule has 1 heterocycles. The number of nitrogens with zero attached hydrogens (tertiary/aromatic N) is 3. The largest absolute Gasteiger partial charge is 0.417 e. The zero-order valence-corrected chi connectivity index (χ0v) is 11.9. The Morgan fingerprint density at radius 2 is 2.05 bits per heavy atom. The highest BCUT2D eigenvalue weighted by Gasteiger charge is 2.18. The molecule has 2 aromatic rings. The summed E-state index contributed by atoms with van der Waals surface area (Å²) < 4.78 is 5.48. The highest BCUT2D eigenvalue weighted by molar-refractivity contribution is 5.52. The van der Waals surface area contributed by atoms with Gasteiger partial charge in [-0.05, 0) is 19.0 Å². The number of nitro groups is 1. The maximum absolute atomic E-state index is 11.0. The maximum Gasteiger partial charge on any atom is 0.322 e. The molecule has 0 fully saturated rings. The van der Waals surface area contributed by atoms with E-state index >= 15 is 0 Å². The molecule has 21 heavy (non-hydrogen) atoms. The Bertz CT molecular complexity index is 629. The van der Waals surface area contributed by atoms with Crippen LogP contribution >= 0.6 is 0 Å². The van der Waals surface area contributed by atoms with E-state index in [9.17, 15) is 10.1 Å². The minimum absolute atomic E-state index is 0.0904. The standard InChI is InChI=1S/C14H16N4O3/c1-3-15-7-11-8-16-14(17-9-11)21-13-10(2)5-4-6-12(13)18(19)20/h4-6,8-9,15H,3,7H2,1-2H3. The first-order valence-corrected chi connectivity index (χ1v) is 6.55. The predicted molar refractivity (Wildman–Crippen MR) is 77.3 cm³/mol. The first-order valence-electron chi connectivity index (χ1n) is 6.55. The minimum Gasteiger partial charge on any atom is -0.417 e. The van der Waals surface area contributed by atoms with Gasteiger partial charge in [0.15, 0.2) is 0 Å². The van der Waals surface area contributed by atoms with E-state index in [1.165, 1.54) is 6.07 Å². The van der Waals surface area contributed by atoms with E-state index in [0.717, 1.165) is 12.1 Å². The van der Waals surface area contributed by atoms with E-state index < -0.39 is 4.92 Å². The van der Waals surface area contributed by atoms with Crippen LogP contribution in [0.3, 0.4) is 0 Å². The molecule has 1 N–H and O–H groups in total. The third-order valence-corrected chi connectivity index (χ3v) is 2.84. The van der Waals surface area contributed by atoms with E-state index in [-0.39, 0.29) is 17.4 Å². The maximum atomic E-state index is 11.0. The number of hydrogen-bond donors (Lipinski definition) is 1. The van der Waals surface area contributed by atoms with E-state index in [1.807, 2.05) is 6.92 Å². The van der Waals surface area contributed by atoms with Crippen LogP contribution in [0.4, 0.5) is 5.69 Å². The summed E-state index contributed by atoms with van der Waals surface area (Å²) in [6.45, 7) is 5.27. The van der Waals surface area contributed by atoms with E-state index in [2.05, 4.69) is 15.3 Å². The number of para-hydroxylation sites is 1. The third-order valence-electron chi connectivity index (χ3n) is 2.84. The molecular formula is C14H16N4O3. The molecule has 7 heteroatoms. The first-order chi connectivity index (χ1) is 10.1. The summed E-state index contributed by atoms with van der Waals surface area (Å²) in [6, 6.07) is 4.83. The van der Waals surface area contributed by atoms with Crippen molar-refractivity contribution in [2.24, 2.45) is 0 Å². The molecule has 0 saturated heterocycles. The SMILES string of the molecule is CCNCc1cnc(Oc2c(C)cccc2[N+](=O)[O-])nc1. The molecule has 0 amide bonds. The van der Waals surface area contributed by atoms with E-state index in [4.69, 9.17) is 4.74 Å². The lowest BCUT2D eigenvalue weighted by atomic mass is 10.2. The summed E-state index contributed by atoms with van der Waals surface area (Å²) in [5.74, 6) is 0.168. The molecule has 7 nitrogen and oxygen atoms in total. The molecule has 1 aromatic heterocycles. The van der Waals surface area contributed by atoms with Crippen LogP contribution in [-0.4, -0.2) is 21.4 Å². The third kappa shape index (κ3) is 3.73. The predicted octanol–water partition coefficient (Wildman–Crippen LogP) is 2.60. The van der Waals surface area contributed by atoms with Crippen LogP contribution in [-0.2, 0) is 6.54 Å². The van der Waals surface area contributed by atoms with Gasteiger partial charge >= 0.3 is 11.7 Å². The monoisotopic (exact) mass is 288 g/mol. The lowest BCUT2D eigenvalue weighted by molar-refractivity contribution is -0.385. The lowest BCUT2D eigenvalue weighted by Crippen LogP contribution is -2.12. The highest BCUT2D eigenvalue weighted by atomic mass is 16.6. The van der Waals surface area contributed by atoms with Gasteiger partial charge < -0.3 is 10.1 Å². The van der Waals surface area contributed by atoms with Crippen molar-refractivity contribution in [1.29, 1.82) is 0 Å². The number of ether oxygens (including phenoxy) is 1. The molecule has 0 bridgehead atoms. The lowest BCUT2D eigenvalue weighted by Gasteiger charge is -2.07. The molecule has 2 rings (SSSR count). The summed E-state index contributed by atoms with van der Waals surface area (Å²) >= 11 is 0. The molecular weight excluding hydrogens is 272 g/mol. The van der Waals surface area contributed by atoms with Gasteiger partial charge in [0.2, 0.25) is 5.75 Å². The van der Waals surface area contributed by atoms with Crippen molar-refractivity contribution in [3.05, 3.63) is 51.8 Å². The molecule has 0 aliphatic heterocycles.